The molecule has 36 heteroatoms. The van der Waals surface area contributed by atoms with Crippen molar-refractivity contribution in [3.8, 4) is 0 Å². The van der Waals surface area contributed by atoms with E-state index in [2.05, 4.69) is 89.1 Å². The van der Waals surface area contributed by atoms with Crippen molar-refractivity contribution in [1.82, 2.24) is 63.8 Å². The molecule has 0 aromatic rings. The molecule has 13 atom stereocenters. The summed E-state index contributed by atoms with van der Waals surface area (Å²) >= 11 is 8.08. The molecule has 0 unspecified atom stereocenters. The lowest BCUT2D eigenvalue weighted by atomic mass is 9.99. The van der Waals surface area contributed by atoms with Crippen molar-refractivity contribution in [3.05, 3.63) is 0 Å². The van der Waals surface area contributed by atoms with E-state index < -0.39 is 206 Å². The van der Waals surface area contributed by atoms with Gasteiger partial charge >= 0.3 is 5.97 Å². The molecule has 0 bridgehead atoms. The maximum atomic E-state index is 14.0. The maximum absolute atomic E-state index is 14.0. The summed E-state index contributed by atoms with van der Waals surface area (Å²) < 4.78 is 0. The van der Waals surface area contributed by atoms with Crippen LogP contribution in [0.15, 0.2) is 0 Å². The van der Waals surface area contributed by atoms with Crippen LogP contribution in [0.25, 0.3) is 0 Å². The Balaban J connectivity index is 6.30. The van der Waals surface area contributed by atoms with Crippen molar-refractivity contribution in [2.75, 3.05) is 44.4 Å². The average Bonchev–Trinajstić information content (AvgIpc) is 2.19. The van der Waals surface area contributed by atoms with Crippen LogP contribution in [0.3, 0.4) is 0 Å². The molecule has 0 spiro atoms. The van der Waals surface area contributed by atoms with Gasteiger partial charge in [-0.15, -0.1) is 0 Å². The van der Waals surface area contributed by atoms with Crippen LogP contribution in [0.4, 0.5) is 0 Å². The molecule has 0 aromatic heterocycles. The second kappa shape index (κ2) is 42.9. The molecule has 0 saturated heterocycles. The number of rotatable bonds is 44. The molecule has 90 heavy (non-hydrogen) atoms. The van der Waals surface area contributed by atoms with E-state index in [1.54, 1.807) is 55.4 Å². The molecular weight excluding hydrogens is 1230 g/mol. The van der Waals surface area contributed by atoms with Crippen molar-refractivity contribution < 1.29 is 92.7 Å². The van der Waals surface area contributed by atoms with Gasteiger partial charge in [-0.3, -0.25) is 62.3 Å². The van der Waals surface area contributed by atoms with Crippen molar-refractivity contribution >= 4 is 108 Å². The summed E-state index contributed by atoms with van der Waals surface area (Å²) in [6.45, 7) is 11.0. The standard InChI is InChI=1S/C54H97N15O19S2/c1-24(2)14-31(44(77)58-18-40(75)59-30(12-10-11-13-55)45(78)60-33(16-26(5)6)47(80)66-37(21-72)54(87)88)63-52(85)41(27(7)8)68-51(84)38(23-90)67-53(86)42(28(9)73)69-50(83)36(20-71)65-46(79)32(15-25(3)4)61-48(81)34(17-39(57)74)62-49(82)35(19-70)64-43(76)29(56)22-89/h24-38,41-42,70-73,89-90H,10-23,55-56H2,1-9H3,(H2,57,74)(H,58,77)(H,59,75)(H,60,78)(H,61,81)(H,62,82)(H,63,85)(H,64,76)(H,65,79)(H,66,80)(H,67,86)(H,68,84)(H,69,83)(H,87,88)/t28-,29+,30+,31+,32+,33+,34+,35+,36+,37+,38+,41+,42+/m1/s1. The van der Waals surface area contributed by atoms with Gasteiger partial charge in [-0.2, -0.15) is 25.3 Å². The van der Waals surface area contributed by atoms with Crippen LogP contribution in [0.1, 0.15) is 107 Å². The average molecular weight is 1320 g/mol. The first-order valence-electron chi connectivity index (χ1n) is 29.3. The first kappa shape index (κ1) is 83.0. The number of primary amides is 1. The fourth-order valence-corrected chi connectivity index (χ4v) is 8.70. The second-order valence-corrected chi connectivity index (χ2v) is 23.7. The number of aliphatic hydroxyl groups excluding tert-OH is 4. The molecule has 13 amide bonds. The molecular formula is C54H97N15O19S2. The minimum absolute atomic E-state index is 0.0171. The van der Waals surface area contributed by atoms with E-state index >= 15 is 0 Å². The van der Waals surface area contributed by atoms with Crippen LogP contribution >= 0.6 is 25.3 Å². The van der Waals surface area contributed by atoms with Crippen molar-refractivity contribution in [1.29, 1.82) is 0 Å². The normalized spacial score (nSPS) is 15.7. The lowest BCUT2D eigenvalue weighted by Crippen LogP contribution is -2.63. The summed E-state index contributed by atoms with van der Waals surface area (Å²) in [5.74, 6) is -16.6. The van der Waals surface area contributed by atoms with E-state index in [9.17, 15) is 92.7 Å². The number of hydrogen-bond donors (Lipinski definition) is 22. The zero-order valence-corrected chi connectivity index (χ0v) is 54.1. The van der Waals surface area contributed by atoms with Crippen LogP contribution in [-0.4, -0.2) is 231 Å². The number of thiol groups is 2. The van der Waals surface area contributed by atoms with Crippen LogP contribution in [0, 0.1) is 23.7 Å². The van der Waals surface area contributed by atoms with E-state index in [1.807, 2.05) is 0 Å². The highest BCUT2D eigenvalue weighted by atomic mass is 32.1. The summed E-state index contributed by atoms with van der Waals surface area (Å²) in [5, 5.41) is 77.7. The van der Waals surface area contributed by atoms with Gasteiger partial charge in [0.15, 0.2) is 0 Å². The van der Waals surface area contributed by atoms with Gasteiger partial charge in [-0.05, 0) is 75.7 Å². The predicted molar refractivity (Wildman–Crippen MR) is 330 cm³/mol. The Morgan fingerprint density at radius 2 is 0.789 bits per heavy atom. The van der Waals surface area contributed by atoms with Crippen LogP contribution in [0.2, 0.25) is 0 Å². The number of carboxylic acids is 1. The molecule has 23 N–H and O–H groups in total. The highest BCUT2D eigenvalue weighted by Crippen LogP contribution is 2.12. The quantitative estimate of drug-likeness (QED) is 0.0199. The Morgan fingerprint density at radius 3 is 1.21 bits per heavy atom. The number of hydrogen-bond acceptors (Lipinski definition) is 22. The van der Waals surface area contributed by atoms with Crippen molar-refractivity contribution in [3.63, 3.8) is 0 Å². The summed E-state index contributed by atoms with van der Waals surface area (Å²) in [5.41, 5.74) is 16.6. The Kier molecular flexibility index (Phi) is 39.6. The number of nitrogens with two attached hydrogens (primary N) is 3. The van der Waals surface area contributed by atoms with Gasteiger partial charge < -0.3 is 107 Å². The molecule has 0 fully saturated rings. The van der Waals surface area contributed by atoms with E-state index in [4.69, 9.17) is 17.2 Å². The Bertz CT molecular complexity index is 2430. The highest BCUT2D eigenvalue weighted by Gasteiger charge is 2.38. The largest absolute Gasteiger partial charge is 0.480 e. The van der Waals surface area contributed by atoms with Gasteiger partial charge in [-0.1, -0.05) is 55.4 Å². The number of nitrogens with one attached hydrogen (secondary N) is 12. The van der Waals surface area contributed by atoms with Crippen molar-refractivity contribution in [2.24, 2.45) is 40.9 Å². The first-order chi connectivity index (χ1) is 42.0. The number of carboxylic acid groups (broad SMARTS) is 1. The minimum atomic E-state index is -1.89. The molecule has 0 aromatic carbocycles. The van der Waals surface area contributed by atoms with Crippen molar-refractivity contribution in [2.45, 2.75) is 186 Å². The molecule has 0 rings (SSSR count). The molecule has 0 saturated carbocycles. The van der Waals surface area contributed by atoms with Crippen LogP contribution in [-0.2, 0) is 67.1 Å². The van der Waals surface area contributed by atoms with E-state index in [1.165, 1.54) is 0 Å². The monoisotopic (exact) mass is 1320 g/mol. The number of aliphatic carboxylic acids is 1. The number of unbranched alkanes of at least 4 members (excludes halogenated alkanes) is 1. The Morgan fingerprint density at radius 1 is 0.422 bits per heavy atom. The summed E-state index contributed by atoms with van der Waals surface area (Å²) in [7, 11) is 0. The molecule has 34 nitrogen and oxygen atoms in total. The van der Waals surface area contributed by atoms with Gasteiger partial charge in [-0.25, -0.2) is 4.79 Å². The summed E-state index contributed by atoms with van der Waals surface area (Å²) in [4.78, 5) is 185. The Labute approximate surface area is 533 Å². The zero-order chi connectivity index (χ0) is 69.3. The number of carbonyl (C=O) groups excluding carboxylic acids is 13. The first-order valence-corrected chi connectivity index (χ1v) is 30.6. The lowest BCUT2D eigenvalue weighted by Gasteiger charge is -2.29. The Hall–Kier alpha value is -6.96. The molecule has 514 valence electrons. The fraction of sp³-hybridized carbons (Fsp3) is 0.741. The summed E-state index contributed by atoms with van der Waals surface area (Å²) in [6.07, 6.45) is -1.78. The summed E-state index contributed by atoms with van der Waals surface area (Å²) in [6, 6.07) is -18.4. The SMILES string of the molecule is CC(C)C[C@H](NC(=O)[C@H](CCCCN)NC(=O)CNC(=O)[C@H](CC(C)C)NC(=O)[C@@H](NC(=O)[C@H](CS)NC(=O)[C@@H](NC(=O)[C@H](CO)NC(=O)[C@H](CC(C)C)NC(=O)[C@H](CC(N)=O)NC(=O)[C@H](CO)NC(=O)[C@@H](N)CS)[C@@H](C)O)C(C)C)C(=O)N[C@@H](CO)C(=O)O. The number of amides is 13. The highest BCUT2D eigenvalue weighted by molar-refractivity contribution is 7.80. The molecule has 0 aliphatic heterocycles. The third-order valence-corrected chi connectivity index (χ3v) is 13.9. The van der Waals surface area contributed by atoms with Crippen LogP contribution < -0.4 is 81.0 Å². The van der Waals surface area contributed by atoms with Gasteiger partial charge in [0.1, 0.15) is 66.5 Å². The van der Waals surface area contributed by atoms with Gasteiger partial charge in [0, 0.05) is 11.5 Å². The zero-order valence-electron chi connectivity index (χ0n) is 52.3. The van der Waals surface area contributed by atoms with E-state index in [0.717, 1.165) is 6.92 Å². The predicted octanol–water partition coefficient (Wildman–Crippen LogP) is -8.14. The van der Waals surface area contributed by atoms with Gasteiger partial charge in [0.2, 0.25) is 76.8 Å². The maximum Gasteiger partial charge on any atom is 0.328 e. The van der Waals surface area contributed by atoms with E-state index in [-0.39, 0.29) is 55.7 Å². The lowest BCUT2D eigenvalue weighted by molar-refractivity contribution is -0.143. The smallest absolute Gasteiger partial charge is 0.328 e. The third-order valence-electron chi connectivity index (χ3n) is 13.2. The fourth-order valence-electron chi connectivity index (χ4n) is 8.28. The van der Waals surface area contributed by atoms with E-state index in [0.29, 0.717) is 12.8 Å². The molecule has 0 heterocycles. The minimum Gasteiger partial charge on any atom is -0.480 e. The van der Waals surface area contributed by atoms with Gasteiger partial charge in [0.25, 0.3) is 0 Å². The molecule has 0 radical (unpaired) electrons. The van der Waals surface area contributed by atoms with Crippen LogP contribution in [0.5, 0.6) is 0 Å². The topological polar surface area (TPSA) is 563 Å². The van der Waals surface area contributed by atoms with Gasteiger partial charge in [0.05, 0.1) is 44.9 Å². The number of carbonyl (C=O) groups is 14. The third kappa shape index (κ3) is 31.2. The molecule has 0 aliphatic rings. The molecule has 0 aliphatic carbocycles. The second-order valence-electron chi connectivity index (χ2n) is 23.0. The number of aliphatic hydroxyl groups is 4.